The summed E-state index contributed by atoms with van der Waals surface area (Å²) in [7, 11) is 0. The number of ketones is 1. The minimum atomic E-state index is -0.170. The van der Waals surface area contributed by atoms with E-state index in [9.17, 15) is 14.4 Å². The molecular formula is C17H14N2O3. The first-order valence-corrected chi connectivity index (χ1v) is 6.84. The first-order chi connectivity index (χ1) is 10.5. The van der Waals surface area contributed by atoms with Crippen LogP contribution in [0.2, 0.25) is 0 Å². The van der Waals surface area contributed by atoms with Gasteiger partial charge in [0.15, 0.2) is 5.78 Å². The normalized spacial score (nSPS) is 11.6. The van der Waals surface area contributed by atoms with Crippen LogP contribution < -0.4 is 10.6 Å². The molecule has 0 aliphatic heterocycles. The average molecular weight is 294 g/mol. The molecule has 2 N–H and O–H groups in total. The molecule has 0 radical (unpaired) electrons. The van der Waals surface area contributed by atoms with Crippen molar-refractivity contribution in [3.05, 3.63) is 47.5 Å². The van der Waals surface area contributed by atoms with E-state index in [-0.39, 0.29) is 17.6 Å². The van der Waals surface area contributed by atoms with E-state index in [1.807, 2.05) is 0 Å². The number of hydrogen-bond acceptors (Lipinski definition) is 3. The number of amides is 2. The van der Waals surface area contributed by atoms with Gasteiger partial charge in [-0.05, 0) is 47.5 Å². The minimum Gasteiger partial charge on any atom is -0.326 e. The van der Waals surface area contributed by atoms with Crippen LogP contribution >= 0.6 is 0 Å². The highest BCUT2D eigenvalue weighted by Crippen LogP contribution is 2.39. The Kier molecular flexibility index (Phi) is 3.25. The van der Waals surface area contributed by atoms with E-state index in [1.165, 1.54) is 13.8 Å². The highest BCUT2D eigenvalue weighted by Gasteiger charge is 2.27. The summed E-state index contributed by atoms with van der Waals surface area (Å²) in [6, 6.07) is 10.4. The van der Waals surface area contributed by atoms with Gasteiger partial charge in [-0.3, -0.25) is 14.4 Å². The molecule has 22 heavy (non-hydrogen) atoms. The van der Waals surface area contributed by atoms with Crippen LogP contribution in [0.5, 0.6) is 0 Å². The Morgan fingerprint density at radius 3 is 1.50 bits per heavy atom. The van der Waals surface area contributed by atoms with E-state index in [0.717, 1.165) is 11.1 Å². The molecule has 1 aliphatic carbocycles. The molecule has 5 heteroatoms. The highest BCUT2D eigenvalue weighted by atomic mass is 16.2. The zero-order valence-electron chi connectivity index (χ0n) is 12.2. The van der Waals surface area contributed by atoms with Crippen molar-refractivity contribution in [1.29, 1.82) is 0 Å². The van der Waals surface area contributed by atoms with Gasteiger partial charge < -0.3 is 10.6 Å². The Balaban J connectivity index is 2.10. The number of carbonyl (C=O) groups excluding carboxylic acids is 3. The summed E-state index contributed by atoms with van der Waals surface area (Å²) in [5, 5.41) is 5.41. The zero-order chi connectivity index (χ0) is 15.9. The topological polar surface area (TPSA) is 75.3 Å². The third-order valence-corrected chi connectivity index (χ3v) is 3.46. The second kappa shape index (κ2) is 5.11. The molecule has 2 aromatic carbocycles. The van der Waals surface area contributed by atoms with E-state index in [4.69, 9.17) is 0 Å². The molecule has 0 saturated heterocycles. The standard InChI is InChI=1S/C17H14N2O3/c1-9(20)18-11-3-5-13-15(7-11)16-8-12(19-10(2)21)4-6-14(16)17(13)22/h3-8H,1-2H3,(H,18,20)(H,19,21). The third-order valence-electron chi connectivity index (χ3n) is 3.46. The van der Waals surface area contributed by atoms with Gasteiger partial charge in [0.2, 0.25) is 11.8 Å². The summed E-state index contributed by atoms with van der Waals surface area (Å²) in [4.78, 5) is 34.7. The summed E-state index contributed by atoms with van der Waals surface area (Å²) in [5.41, 5.74) is 4.00. The number of anilines is 2. The number of nitrogens with one attached hydrogen (secondary N) is 2. The lowest BCUT2D eigenvalue weighted by Crippen LogP contribution is -2.06. The number of rotatable bonds is 2. The molecule has 3 rings (SSSR count). The summed E-state index contributed by atoms with van der Waals surface area (Å²) in [6.07, 6.45) is 0. The summed E-state index contributed by atoms with van der Waals surface area (Å²) in [5.74, 6) is -0.387. The van der Waals surface area contributed by atoms with Crippen LogP contribution in [0, 0.1) is 0 Å². The lowest BCUT2D eigenvalue weighted by molar-refractivity contribution is -0.115. The Labute approximate surface area is 127 Å². The van der Waals surface area contributed by atoms with Crippen molar-refractivity contribution >= 4 is 29.0 Å². The van der Waals surface area contributed by atoms with Crippen LogP contribution in [0.3, 0.4) is 0 Å². The van der Waals surface area contributed by atoms with Gasteiger partial charge in [0.25, 0.3) is 0 Å². The number of benzene rings is 2. The van der Waals surface area contributed by atoms with Gasteiger partial charge in [-0.15, -0.1) is 0 Å². The lowest BCUT2D eigenvalue weighted by Gasteiger charge is -2.07. The van der Waals surface area contributed by atoms with Crippen molar-refractivity contribution in [3.8, 4) is 11.1 Å². The number of fused-ring (bicyclic) bond motifs is 3. The first-order valence-electron chi connectivity index (χ1n) is 6.84. The molecule has 0 saturated carbocycles. The van der Waals surface area contributed by atoms with Crippen LogP contribution in [-0.2, 0) is 9.59 Å². The average Bonchev–Trinajstić information content (AvgIpc) is 2.70. The van der Waals surface area contributed by atoms with Crippen molar-refractivity contribution < 1.29 is 14.4 Å². The quantitative estimate of drug-likeness (QED) is 0.763. The molecule has 1 aliphatic rings. The van der Waals surface area contributed by atoms with Crippen molar-refractivity contribution in [2.75, 3.05) is 10.6 Å². The molecule has 0 heterocycles. The molecule has 110 valence electrons. The van der Waals surface area contributed by atoms with Gasteiger partial charge in [-0.2, -0.15) is 0 Å². The lowest BCUT2D eigenvalue weighted by atomic mass is 10.0. The minimum absolute atomic E-state index is 0.0475. The predicted octanol–water partition coefficient (Wildman–Crippen LogP) is 2.81. The van der Waals surface area contributed by atoms with E-state index < -0.39 is 0 Å². The van der Waals surface area contributed by atoms with Crippen molar-refractivity contribution in [2.24, 2.45) is 0 Å². The van der Waals surface area contributed by atoms with Gasteiger partial charge in [0.05, 0.1) is 0 Å². The van der Waals surface area contributed by atoms with E-state index in [2.05, 4.69) is 10.6 Å². The molecule has 5 nitrogen and oxygen atoms in total. The Hall–Kier alpha value is -2.95. The molecule has 0 bridgehead atoms. The molecule has 0 atom stereocenters. The molecular weight excluding hydrogens is 280 g/mol. The monoisotopic (exact) mass is 294 g/mol. The van der Waals surface area contributed by atoms with Gasteiger partial charge in [0, 0.05) is 36.3 Å². The van der Waals surface area contributed by atoms with Crippen LogP contribution in [0.15, 0.2) is 36.4 Å². The van der Waals surface area contributed by atoms with Crippen molar-refractivity contribution in [3.63, 3.8) is 0 Å². The van der Waals surface area contributed by atoms with Crippen LogP contribution in [-0.4, -0.2) is 17.6 Å². The van der Waals surface area contributed by atoms with Gasteiger partial charge in [-0.25, -0.2) is 0 Å². The number of hydrogen-bond donors (Lipinski definition) is 2. The maximum absolute atomic E-state index is 12.4. The third kappa shape index (κ3) is 2.37. The second-order valence-corrected chi connectivity index (χ2v) is 5.21. The van der Waals surface area contributed by atoms with E-state index in [0.29, 0.717) is 22.5 Å². The SMILES string of the molecule is CC(=O)Nc1ccc2c(c1)-c1cc(NC(C)=O)ccc1C2=O. The smallest absolute Gasteiger partial charge is 0.221 e. The maximum atomic E-state index is 12.4. The molecule has 2 amide bonds. The molecule has 0 spiro atoms. The molecule has 0 unspecified atom stereocenters. The van der Waals surface area contributed by atoms with Crippen LogP contribution in [0.4, 0.5) is 11.4 Å². The summed E-state index contributed by atoms with van der Waals surface area (Å²) >= 11 is 0. The fraction of sp³-hybridized carbons (Fsp3) is 0.118. The fourth-order valence-corrected chi connectivity index (χ4v) is 2.64. The van der Waals surface area contributed by atoms with Crippen LogP contribution in [0.1, 0.15) is 29.8 Å². The number of carbonyl (C=O) groups is 3. The van der Waals surface area contributed by atoms with Crippen LogP contribution in [0.25, 0.3) is 11.1 Å². The predicted molar refractivity (Wildman–Crippen MR) is 83.9 cm³/mol. The Bertz CT molecular complexity index is 757. The molecule has 2 aromatic rings. The zero-order valence-corrected chi connectivity index (χ0v) is 12.2. The maximum Gasteiger partial charge on any atom is 0.221 e. The fourth-order valence-electron chi connectivity index (χ4n) is 2.64. The first kappa shape index (κ1) is 14.0. The second-order valence-electron chi connectivity index (χ2n) is 5.21. The van der Waals surface area contributed by atoms with Gasteiger partial charge >= 0.3 is 0 Å². The van der Waals surface area contributed by atoms with E-state index in [1.54, 1.807) is 36.4 Å². The van der Waals surface area contributed by atoms with Crippen molar-refractivity contribution in [2.45, 2.75) is 13.8 Å². The molecule has 0 fully saturated rings. The summed E-state index contributed by atoms with van der Waals surface area (Å²) < 4.78 is 0. The summed E-state index contributed by atoms with van der Waals surface area (Å²) in [6.45, 7) is 2.86. The Morgan fingerprint density at radius 1 is 0.727 bits per heavy atom. The Morgan fingerprint density at radius 2 is 1.14 bits per heavy atom. The highest BCUT2D eigenvalue weighted by molar-refractivity contribution is 6.22. The van der Waals surface area contributed by atoms with E-state index >= 15 is 0 Å². The van der Waals surface area contributed by atoms with Crippen molar-refractivity contribution in [1.82, 2.24) is 0 Å². The van der Waals surface area contributed by atoms with Gasteiger partial charge in [-0.1, -0.05) is 0 Å². The van der Waals surface area contributed by atoms with Gasteiger partial charge in [0.1, 0.15) is 0 Å². The molecule has 0 aromatic heterocycles. The largest absolute Gasteiger partial charge is 0.326 e.